The van der Waals surface area contributed by atoms with Crippen molar-refractivity contribution >= 4 is 27.7 Å². The van der Waals surface area contributed by atoms with E-state index >= 15 is 0 Å². The van der Waals surface area contributed by atoms with Crippen LogP contribution in [-0.4, -0.2) is 71.7 Å². The van der Waals surface area contributed by atoms with Crippen LogP contribution in [0.3, 0.4) is 0 Å². The molecule has 0 spiro atoms. The van der Waals surface area contributed by atoms with Crippen LogP contribution in [-0.2, 0) is 14.8 Å². The van der Waals surface area contributed by atoms with Crippen molar-refractivity contribution in [1.82, 2.24) is 19.0 Å². The van der Waals surface area contributed by atoms with Crippen LogP contribution in [0.4, 0.5) is 5.82 Å². The summed E-state index contributed by atoms with van der Waals surface area (Å²) >= 11 is 0. The van der Waals surface area contributed by atoms with Gasteiger partial charge in [-0.15, -0.1) is 0 Å². The van der Waals surface area contributed by atoms with Crippen LogP contribution < -0.4 is 5.32 Å². The minimum absolute atomic E-state index is 0.0253. The van der Waals surface area contributed by atoms with Gasteiger partial charge in [0, 0.05) is 38.2 Å². The number of benzene rings is 1. The first-order chi connectivity index (χ1) is 13.8. The normalized spacial score (nSPS) is 17.9. The SMILES string of the molecule is CS(=O)(=O)N1CCN(C(=O)c2cc(NC(=O)C3CC3)n(-c3ccccc3)n2)CC1. The van der Waals surface area contributed by atoms with Crippen molar-refractivity contribution in [3.05, 3.63) is 42.1 Å². The van der Waals surface area contributed by atoms with Gasteiger partial charge in [0.05, 0.1) is 11.9 Å². The lowest BCUT2D eigenvalue weighted by Gasteiger charge is -2.32. The number of piperazine rings is 1. The van der Waals surface area contributed by atoms with Crippen molar-refractivity contribution in [2.24, 2.45) is 5.92 Å². The lowest BCUT2D eigenvalue weighted by Crippen LogP contribution is -2.50. The number of aromatic nitrogens is 2. The smallest absolute Gasteiger partial charge is 0.274 e. The maximum atomic E-state index is 13.0. The van der Waals surface area contributed by atoms with Crippen LogP contribution in [0, 0.1) is 5.92 Å². The molecular formula is C19H23N5O4S. The average molecular weight is 417 g/mol. The summed E-state index contributed by atoms with van der Waals surface area (Å²) in [5, 5.41) is 7.31. The predicted octanol–water partition coefficient (Wildman–Crippen LogP) is 0.938. The molecule has 2 aromatic rings. The molecule has 1 saturated heterocycles. The molecule has 29 heavy (non-hydrogen) atoms. The number of carbonyl (C=O) groups excluding carboxylic acids is 2. The number of amides is 2. The van der Waals surface area contributed by atoms with E-state index in [0.717, 1.165) is 18.5 Å². The van der Waals surface area contributed by atoms with E-state index in [0.29, 0.717) is 18.9 Å². The Kier molecular flexibility index (Phi) is 5.13. The molecule has 1 aromatic carbocycles. The molecule has 4 rings (SSSR count). The quantitative estimate of drug-likeness (QED) is 0.780. The van der Waals surface area contributed by atoms with Gasteiger partial charge < -0.3 is 10.2 Å². The number of carbonyl (C=O) groups is 2. The lowest BCUT2D eigenvalue weighted by molar-refractivity contribution is -0.117. The summed E-state index contributed by atoms with van der Waals surface area (Å²) in [5.41, 5.74) is 0.951. The van der Waals surface area contributed by atoms with Crippen LogP contribution in [0.25, 0.3) is 5.69 Å². The van der Waals surface area contributed by atoms with E-state index in [4.69, 9.17) is 0 Å². The molecule has 2 amide bonds. The summed E-state index contributed by atoms with van der Waals surface area (Å²) < 4.78 is 26.3. The van der Waals surface area contributed by atoms with E-state index in [1.54, 1.807) is 15.6 Å². The standard InChI is InChI=1S/C19H23N5O4S/c1-29(27,28)23-11-9-22(10-12-23)19(26)16-13-17(20-18(25)14-7-8-14)24(21-16)15-5-3-2-4-6-15/h2-6,13-14H,7-12H2,1H3,(H,20,25). The van der Waals surface area contributed by atoms with Gasteiger partial charge in [0.2, 0.25) is 15.9 Å². The highest BCUT2D eigenvalue weighted by Gasteiger charge is 2.32. The molecule has 2 aliphatic rings. The zero-order valence-electron chi connectivity index (χ0n) is 16.1. The molecule has 2 heterocycles. The van der Waals surface area contributed by atoms with Crippen molar-refractivity contribution < 1.29 is 18.0 Å². The Bertz CT molecular complexity index is 1020. The van der Waals surface area contributed by atoms with Gasteiger partial charge in [0.15, 0.2) is 5.69 Å². The molecule has 154 valence electrons. The minimum atomic E-state index is -3.27. The van der Waals surface area contributed by atoms with E-state index in [-0.39, 0.29) is 36.5 Å². The van der Waals surface area contributed by atoms with Crippen LogP contribution >= 0.6 is 0 Å². The minimum Gasteiger partial charge on any atom is -0.335 e. The predicted molar refractivity (Wildman–Crippen MR) is 107 cm³/mol. The third-order valence-electron chi connectivity index (χ3n) is 5.12. The highest BCUT2D eigenvalue weighted by molar-refractivity contribution is 7.88. The van der Waals surface area contributed by atoms with E-state index in [9.17, 15) is 18.0 Å². The molecule has 1 N–H and O–H groups in total. The van der Waals surface area contributed by atoms with Gasteiger partial charge >= 0.3 is 0 Å². The van der Waals surface area contributed by atoms with Gasteiger partial charge in [-0.05, 0) is 25.0 Å². The zero-order valence-corrected chi connectivity index (χ0v) is 16.9. The van der Waals surface area contributed by atoms with Crippen molar-refractivity contribution in [3.8, 4) is 5.69 Å². The molecule has 9 nitrogen and oxygen atoms in total. The molecule has 0 radical (unpaired) electrons. The van der Waals surface area contributed by atoms with Crippen molar-refractivity contribution in [2.45, 2.75) is 12.8 Å². The zero-order chi connectivity index (χ0) is 20.6. The van der Waals surface area contributed by atoms with Crippen LogP contribution in [0.1, 0.15) is 23.3 Å². The number of nitrogens with one attached hydrogen (secondary N) is 1. The summed E-state index contributed by atoms with van der Waals surface area (Å²) in [4.78, 5) is 26.8. The molecule has 1 aliphatic carbocycles. The number of hydrogen-bond donors (Lipinski definition) is 1. The lowest BCUT2D eigenvalue weighted by atomic mass is 10.3. The van der Waals surface area contributed by atoms with Crippen LogP contribution in [0.2, 0.25) is 0 Å². The highest BCUT2D eigenvalue weighted by atomic mass is 32.2. The largest absolute Gasteiger partial charge is 0.335 e. The van der Waals surface area contributed by atoms with Crippen molar-refractivity contribution in [3.63, 3.8) is 0 Å². The molecule has 10 heteroatoms. The molecule has 0 atom stereocenters. The summed E-state index contributed by atoms with van der Waals surface area (Å²) in [6.45, 7) is 1.12. The van der Waals surface area contributed by atoms with Gasteiger partial charge in [0.25, 0.3) is 5.91 Å². The van der Waals surface area contributed by atoms with Crippen molar-refractivity contribution in [2.75, 3.05) is 37.8 Å². The summed E-state index contributed by atoms with van der Waals surface area (Å²) in [6, 6.07) is 10.9. The van der Waals surface area contributed by atoms with Gasteiger partial charge in [-0.2, -0.15) is 9.40 Å². The average Bonchev–Trinajstić information content (AvgIpc) is 3.48. The molecule has 1 aromatic heterocycles. The Morgan fingerprint density at radius 2 is 1.72 bits per heavy atom. The van der Waals surface area contributed by atoms with Gasteiger partial charge in [-0.1, -0.05) is 18.2 Å². The summed E-state index contributed by atoms with van der Waals surface area (Å²) in [6.07, 6.45) is 2.92. The Balaban J connectivity index is 1.56. The fourth-order valence-electron chi connectivity index (χ4n) is 3.30. The second kappa shape index (κ2) is 7.60. The molecular weight excluding hydrogens is 394 g/mol. The van der Waals surface area contributed by atoms with E-state index in [2.05, 4.69) is 10.4 Å². The van der Waals surface area contributed by atoms with Crippen LogP contribution in [0.15, 0.2) is 36.4 Å². The Hall–Kier alpha value is -2.72. The monoisotopic (exact) mass is 417 g/mol. The Morgan fingerprint density at radius 1 is 1.07 bits per heavy atom. The summed E-state index contributed by atoms with van der Waals surface area (Å²) in [7, 11) is -3.27. The first-order valence-corrected chi connectivity index (χ1v) is 11.4. The van der Waals surface area contributed by atoms with E-state index in [1.165, 1.54) is 10.6 Å². The topological polar surface area (TPSA) is 105 Å². The Morgan fingerprint density at radius 3 is 2.31 bits per heavy atom. The third-order valence-corrected chi connectivity index (χ3v) is 6.43. The number of anilines is 1. The third kappa shape index (κ3) is 4.33. The molecule has 0 bridgehead atoms. The molecule has 0 unspecified atom stereocenters. The number of nitrogens with zero attached hydrogens (tertiary/aromatic N) is 4. The molecule has 2 fully saturated rings. The Labute approximate surface area is 169 Å². The fraction of sp³-hybridized carbons (Fsp3) is 0.421. The van der Waals surface area contributed by atoms with Gasteiger partial charge in [-0.3, -0.25) is 9.59 Å². The summed E-state index contributed by atoms with van der Waals surface area (Å²) in [5.74, 6) is 0.126. The number of sulfonamides is 1. The van der Waals surface area contributed by atoms with Crippen molar-refractivity contribution in [1.29, 1.82) is 0 Å². The first kappa shape index (κ1) is 19.6. The van der Waals surface area contributed by atoms with Crippen LogP contribution in [0.5, 0.6) is 0 Å². The second-order valence-corrected chi connectivity index (χ2v) is 9.36. The number of rotatable bonds is 5. The van der Waals surface area contributed by atoms with E-state index < -0.39 is 10.0 Å². The molecule has 1 saturated carbocycles. The second-order valence-electron chi connectivity index (χ2n) is 7.38. The fourth-order valence-corrected chi connectivity index (χ4v) is 4.13. The van der Waals surface area contributed by atoms with Gasteiger partial charge in [0.1, 0.15) is 5.82 Å². The van der Waals surface area contributed by atoms with Gasteiger partial charge in [-0.25, -0.2) is 13.1 Å². The van der Waals surface area contributed by atoms with E-state index in [1.807, 2.05) is 30.3 Å². The molecule has 1 aliphatic heterocycles. The highest BCUT2D eigenvalue weighted by Crippen LogP contribution is 2.30. The number of para-hydroxylation sites is 1. The number of hydrogen-bond acceptors (Lipinski definition) is 5. The maximum Gasteiger partial charge on any atom is 0.274 e. The first-order valence-electron chi connectivity index (χ1n) is 9.53. The maximum absolute atomic E-state index is 13.0.